The Hall–Kier alpha value is -0.750. The molecule has 0 heterocycles. The second kappa shape index (κ2) is 3.78. The van der Waals surface area contributed by atoms with Crippen LogP contribution >= 0.6 is 0 Å². The average molecular weight is 209 g/mol. The third-order valence-corrected chi connectivity index (χ3v) is 2.62. The van der Waals surface area contributed by atoms with Crippen LogP contribution in [0.4, 0.5) is 8.78 Å². The minimum absolute atomic E-state index is 0.0111. The molecule has 0 aromatic rings. The Morgan fingerprint density at radius 3 is 2.21 bits per heavy atom. The van der Waals surface area contributed by atoms with Gasteiger partial charge in [0.2, 0.25) is 5.92 Å². The van der Waals surface area contributed by atoms with Crippen molar-refractivity contribution in [1.82, 2.24) is 0 Å². The Bertz CT molecular complexity index is 223. The van der Waals surface area contributed by atoms with Crippen molar-refractivity contribution in [3.63, 3.8) is 0 Å². The molecule has 0 amide bonds. The third-order valence-electron chi connectivity index (χ3n) is 2.62. The van der Waals surface area contributed by atoms with Crippen LogP contribution in [0.25, 0.3) is 0 Å². The number of carbonyl (C=O) groups is 1. The molecule has 14 heavy (non-hydrogen) atoms. The van der Waals surface area contributed by atoms with Crippen molar-refractivity contribution >= 4 is 5.97 Å². The van der Waals surface area contributed by atoms with E-state index in [2.05, 4.69) is 4.84 Å². The van der Waals surface area contributed by atoms with Gasteiger partial charge in [-0.05, 0) is 12.8 Å². The summed E-state index contributed by atoms with van der Waals surface area (Å²) in [6, 6.07) is 0. The average Bonchev–Trinajstić information content (AvgIpc) is 2.09. The predicted octanol–water partition coefficient (Wildman–Crippen LogP) is 1.30. The van der Waals surface area contributed by atoms with Gasteiger partial charge in [0.05, 0.1) is 6.42 Å². The molecule has 3 N–H and O–H groups in total. The van der Waals surface area contributed by atoms with E-state index < -0.39 is 17.5 Å². The second-order valence-corrected chi connectivity index (χ2v) is 3.73. The first-order valence-electron chi connectivity index (χ1n) is 4.37. The molecule has 0 spiro atoms. The van der Waals surface area contributed by atoms with Crippen molar-refractivity contribution in [2.45, 2.75) is 43.6 Å². The van der Waals surface area contributed by atoms with Crippen LogP contribution in [0, 0.1) is 0 Å². The molecular formula is C8H13F2NO3. The van der Waals surface area contributed by atoms with Gasteiger partial charge in [-0.3, -0.25) is 9.63 Å². The maximum absolute atomic E-state index is 12.8. The first-order chi connectivity index (χ1) is 6.39. The Morgan fingerprint density at radius 2 is 1.86 bits per heavy atom. The highest BCUT2D eigenvalue weighted by molar-refractivity contribution is 5.68. The molecule has 4 nitrogen and oxygen atoms in total. The molecule has 0 unspecified atom stereocenters. The van der Waals surface area contributed by atoms with E-state index in [0.717, 1.165) is 0 Å². The quantitative estimate of drug-likeness (QED) is 0.687. The van der Waals surface area contributed by atoms with Gasteiger partial charge in [0.15, 0.2) is 0 Å². The molecule has 1 rings (SSSR count). The Kier molecular flexibility index (Phi) is 3.06. The number of rotatable bonds is 3. The van der Waals surface area contributed by atoms with E-state index in [1.54, 1.807) is 0 Å². The first-order valence-corrected chi connectivity index (χ1v) is 4.37. The molecule has 1 aliphatic carbocycles. The van der Waals surface area contributed by atoms with Crippen molar-refractivity contribution in [3.05, 3.63) is 0 Å². The second-order valence-electron chi connectivity index (χ2n) is 3.73. The Balaban J connectivity index is 2.61. The number of nitrogens with two attached hydrogens (primary N) is 1. The summed E-state index contributed by atoms with van der Waals surface area (Å²) in [4.78, 5) is 15.0. The van der Waals surface area contributed by atoms with Crippen LogP contribution in [0.15, 0.2) is 0 Å². The van der Waals surface area contributed by atoms with Gasteiger partial charge in [0.25, 0.3) is 0 Å². The van der Waals surface area contributed by atoms with E-state index in [1.807, 2.05) is 0 Å². The summed E-state index contributed by atoms with van der Waals surface area (Å²) in [5.41, 5.74) is -1.10. The molecular weight excluding hydrogens is 196 g/mol. The number of aliphatic carboxylic acids is 1. The Labute approximate surface area is 80.0 Å². The minimum atomic E-state index is -2.71. The van der Waals surface area contributed by atoms with Crippen LogP contribution in [0.2, 0.25) is 0 Å². The van der Waals surface area contributed by atoms with E-state index in [-0.39, 0.29) is 32.1 Å². The van der Waals surface area contributed by atoms with Crippen LogP contribution in [0.1, 0.15) is 32.1 Å². The molecule has 82 valence electrons. The van der Waals surface area contributed by atoms with E-state index in [1.165, 1.54) is 0 Å². The van der Waals surface area contributed by atoms with Gasteiger partial charge in [-0.1, -0.05) is 0 Å². The van der Waals surface area contributed by atoms with Gasteiger partial charge in [0, 0.05) is 12.8 Å². The fourth-order valence-corrected chi connectivity index (χ4v) is 1.68. The van der Waals surface area contributed by atoms with Gasteiger partial charge < -0.3 is 5.11 Å². The van der Waals surface area contributed by atoms with Crippen LogP contribution in [0.5, 0.6) is 0 Å². The molecule has 1 fully saturated rings. The lowest BCUT2D eigenvalue weighted by Crippen LogP contribution is -2.44. The molecule has 0 aromatic carbocycles. The maximum atomic E-state index is 12.8. The SMILES string of the molecule is NOC1(CC(=O)O)CCC(F)(F)CC1. The van der Waals surface area contributed by atoms with Crippen LogP contribution < -0.4 is 5.90 Å². The van der Waals surface area contributed by atoms with Gasteiger partial charge in [-0.2, -0.15) is 0 Å². The number of hydrogen-bond acceptors (Lipinski definition) is 3. The first kappa shape index (κ1) is 11.3. The van der Waals surface area contributed by atoms with Crippen molar-refractivity contribution in [1.29, 1.82) is 0 Å². The molecule has 0 aliphatic heterocycles. The minimum Gasteiger partial charge on any atom is -0.481 e. The van der Waals surface area contributed by atoms with Crippen molar-refractivity contribution < 1.29 is 23.5 Å². The topological polar surface area (TPSA) is 72.5 Å². The van der Waals surface area contributed by atoms with Crippen molar-refractivity contribution in [3.8, 4) is 0 Å². The fraction of sp³-hybridized carbons (Fsp3) is 0.875. The van der Waals surface area contributed by atoms with E-state index in [0.29, 0.717) is 0 Å². The summed E-state index contributed by atoms with van der Waals surface area (Å²) in [5, 5.41) is 8.57. The molecule has 0 atom stereocenters. The largest absolute Gasteiger partial charge is 0.481 e. The molecule has 1 saturated carbocycles. The van der Waals surface area contributed by atoms with E-state index in [4.69, 9.17) is 11.0 Å². The lowest BCUT2D eigenvalue weighted by atomic mass is 9.80. The summed E-state index contributed by atoms with van der Waals surface area (Å²) < 4.78 is 25.6. The zero-order valence-corrected chi connectivity index (χ0v) is 7.63. The fourth-order valence-electron chi connectivity index (χ4n) is 1.68. The zero-order chi connectivity index (χ0) is 10.8. The monoisotopic (exact) mass is 209 g/mol. The van der Waals surface area contributed by atoms with Gasteiger partial charge >= 0.3 is 5.97 Å². The van der Waals surface area contributed by atoms with Gasteiger partial charge in [-0.15, -0.1) is 0 Å². The normalized spacial score (nSPS) is 24.5. The number of alkyl halides is 2. The zero-order valence-electron chi connectivity index (χ0n) is 7.63. The molecule has 0 aromatic heterocycles. The standard InChI is InChI=1S/C8H13F2NO3/c9-8(10)3-1-7(14-11,2-4-8)5-6(12)13/h1-5,11H2,(H,12,13). The number of carboxylic acid groups (broad SMARTS) is 1. The van der Waals surface area contributed by atoms with Gasteiger partial charge in [-0.25, -0.2) is 14.7 Å². The van der Waals surface area contributed by atoms with Crippen molar-refractivity contribution in [2.24, 2.45) is 5.90 Å². The Morgan fingerprint density at radius 1 is 1.36 bits per heavy atom. The van der Waals surface area contributed by atoms with Crippen LogP contribution in [0.3, 0.4) is 0 Å². The molecule has 6 heteroatoms. The van der Waals surface area contributed by atoms with Crippen LogP contribution in [-0.4, -0.2) is 22.6 Å². The lowest BCUT2D eigenvalue weighted by Gasteiger charge is -2.36. The molecule has 0 saturated heterocycles. The molecule has 1 aliphatic rings. The summed E-state index contributed by atoms with van der Waals surface area (Å²) in [7, 11) is 0. The third kappa shape index (κ3) is 2.62. The highest BCUT2D eigenvalue weighted by atomic mass is 19.3. The molecule has 0 bridgehead atoms. The maximum Gasteiger partial charge on any atom is 0.306 e. The highest BCUT2D eigenvalue weighted by Gasteiger charge is 2.45. The highest BCUT2D eigenvalue weighted by Crippen LogP contribution is 2.41. The molecule has 0 radical (unpaired) electrons. The number of carboxylic acids is 1. The van der Waals surface area contributed by atoms with Gasteiger partial charge in [0.1, 0.15) is 5.60 Å². The summed E-state index contributed by atoms with van der Waals surface area (Å²) >= 11 is 0. The smallest absolute Gasteiger partial charge is 0.306 e. The predicted molar refractivity (Wildman–Crippen MR) is 43.7 cm³/mol. The number of hydrogen-bond donors (Lipinski definition) is 2. The number of halogens is 2. The summed E-state index contributed by atoms with van der Waals surface area (Å²) in [6.07, 6.45) is -1.07. The van der Waals surface area contributed by atoms with E-state index >= 15 is 0 Å². The van der Waals surface area contributed by atoms with Crippen molar-refractivity contribution in [2.75, 3.05) is 0 Å². The summed E-state index contributed by atoms with van der Waals surface area (Å²) in [5.74, 6) is 1.18. The summed E-state index contributed by atoms with van der Waals surface area (Å²) in [6.45, 7) is 0. The lowest BCUT2D eigenvalue weighted by molar-refractivity contribution is -0.161. The van der Waals surface area contributed by atoms with Crippen LogP contribution in [-0.2, 0) is 9.63 Å². The van der Waals surface area contributed by atoms with E-state index in [9.17, 15) is 13.6 Å².